The molecule has 0 bridgehead atoms. The molecule has 0 aliphatic heterocycles. The maximum atomic E-state index is 11.7. The highest BCUT2D eigenvalue weighted by atomic mass is 79.9. The largest absolute Gasteiger partial charge is 0.484 e. The average Bonchev–Trinajstić information content (AvgIpc) is 2.45. The lowest BCUT2D eigenvalue weighted by Gasteiger charge is -2.08. The van der Waals surface area contributed by atoms with E-state index in [-0.39, 0.29) is 12.5 Å². The van der Waals surface area contributed by atoms with Crippen molar-refractivity contribution in [1.82, 2.24) is 5.32 Å². The van der Waals surface area contributed by atoms with Crippen molar-refractivity contribution < 1.29 is 9.53 Å². The van der Waals surface area contributed by atoms with Gasteiger partial charge in [-0.05, 0) is 42.3 Å². The molecule has 5 heteroatoms. The third-order valence-electron chi connectivity index (χ3n) is 2.79. The van der Waals surface area contributed by atoms with Gasteiger partial charge in [-0.2, -0.15) is 0 Å². The molecule has 2 aromatic rings. The van der Waals surface area contributed by atoms with Crippen LogP contribution in [0.2, 0.25) is 5.02 Å². The Morgan fingerprint density at radius 1 is 1.19 bits per heavy atom. The van der Waals surface area contributed by atoms with E-state index in [1.165, 1.54) is 0 Å². The molecular formula is C16H15BrClNO2. The summed E-state index contributed by atoms with van der Waals surface area (Å²) in [6, 6.07) is 15.0. The summed E-state index contributed by atoms with van der Waals surface area (Å²) in [5, 5.41) is 3.52. The minimum absolute atomic E-state index is 0.00595. The Hall–Kier alpha value is -1.52. The monoisotopic (exact) mass is 367 g/mol. The molecule has 21 heavy (non-hydrogen) atoms. The van der Waals surface area contributed by atoms with E-state index in [2.05, 4.69) is 21.2 Å². The Labute approximate surface area is 137 Å². The third kappa shape index (κ3) is 5.78. The van der Waals surface area contributed by atoms with E-state index in [4.69, 9.17) is 16.3 Å². The molecule has 0 unspecified atom stereocenters. The zero-order valence-electron chi connectivity index (χ0n) is 11.3. The van der Waals surface area contributed by atoms with Crippen LogP contribution in [0.25, 0.3) is 0 Å². The van der Waals surface area contributed by atoms with E-state index in [1.54, 1.807) is 0 Å². The van der Waals surface area contributed by atoms with Gasteiger partial charge in [0.2, 0.25) is 0 Å². The first-order valence-corrected chi connectivity index (χ1v) is 7.70. The molecule has 2 aromatic carbocycles. The van der Waals surface area contributed by atoms with Crippen molar-refractivity contribution in [3.8, 4) is 5.75 Å². The number of carbonyl (C=O) groups excluding carboxylic acids is 1. The summed E-state index contributed by atoms with van der Waals surface area (Å²) in [5.74, 6) is 0.520. The van der Waals surface area contributed by atoms with Crippen LogP contribution in [-0.2, 0) is 11.2 Å². The van der Waals surface area contributed by atoms with Crippen LogP contribution in [0.3, 0.4) is 0 Å². The van der Waals surface area contributed by atoms with E-state index in [1.807, 2.05) is 48.5 Å². The third-order valence-corrected chi connectivity index (χ3v) is 3.52. The Morgan fingerprint density at radius 3 is 2.76 bits per heavy atom. The molecule has 1 N–H and O–H groups in total. The lowest BCUT2D eigenvalue weighted by molar-refractivity contribution is -0.123. The second-order valence-electron chi connectivity index (χ2n) is 4.48. The lowest BCUT2D eigenvalue weighted by Crippen LogP contribution is -2.30. The standard InChI is InChI=1S/C16H15BrClNO2/c17-13-4-2-6-15(10-13)21-11-16(20)19-8-7-12-3-1-5-14(18)9-12/h1-6,9-10H,7-8,11H2,(H,19,20). The molecule has 0 saturated carbocycles. The number of benzene rings is 2. The van der Waals surface area contributed by atoms with Crippen LogP contribution in [0.1, 0.15) is 5.56 Å². The summed E-state index contributed by atoms with van der Waals surface area (Å²) in [5.41, 5.74) is 1.09. The first-order chi connectivity index (χ1) is 10.1. The average molecular weight is 369 g/mol. The number of ether oxygens (including phenoxy) is 1. The van der Waals surface area contributed by atoms with E-state index in [0.717, 1.165) is 16.5 Å². The number of amides is 1. The Kier molecular flexibility index (Phi) is 6.08. The number of rotatable bonds is 6. The Balaban J connectivity index is 1.70. The molecule has 0 fully saturated rings. The lowest BCUT2D eigenvalue weighted by atomic mass is 10.1. The van der Waals surface area contributed by atoms with Crippen LogP contribution in [0.15, 0.2) is 53.0 Å². The van der Waals surface area contributed by atoms with Gasteiger partial charge in [0.25, 0.3) is 5.91 Å². The van der Waals surface area contributed by atoms with Crippen LogP contribution in [0, 0.1) is 0 Å². The fourth-order valence-electron chi connectivity index (χ4n) is 1.80. The fraction of sp³-hybridized carbons (Fsp3) is 0.188. The predicted octanol–water partition coefficient (Wildman–Crippen LogP) is 3.84. The molecule has 1 amide bonds. The van der Waals surface area contributed by atoms with Gasteiger partial charge in [-0.15, -0.1) is 0 Å². The van der Waals surface area contributed by atoms with Crippen LogP contribution in [0.5, 0.6) is 5.75 Å². The minimum Gasteiger partial charge on any atom is -0.484 e. The molecule has 0 aliphatic rings. The van der Waals surface area contributed by atoms with Crippen molar-refractivity contribution in [3.63, 3.8) is 0 Å². The summed E-state index contributed by atoms with van der Waals surface area (Å²) in [4.78, 5) is 11.7. The summed E-state index contributed by atoms with van der Waals surface area (Å²) < 4.78 is 6.33. The van der Waals surface area contributed by atoms with Gasteiger partial charge >= 0.3 is 0 Å². The molecule has 0 heterocycles. The molecule has 0 spiro atoms. The molecule has 2 rings (SSSR count). The van der Waals surface area contributed by atoms with E-state index in [0.29, 0.717) is 17.3 Å². The topological polar surface area (TPSA) is 38.3 Å². The predicted molar refractivity (Wildman–Crippen MR) is 87.8 cm³/mol. The smallest absolute Gasteiger partial charge is 0.257 e. The van der Waals surface area contributed by atoms with Crippen molar-refractivity contribution in [2.75, 3.05) is 13.2 Å². The molecular weight excluding hydrogens is 354 g/mol. The van der Waals surface area contributed by atoms with Crippen LogP contribution < -0.4 is 10.1 Å². The highest BCUT2D eigenvalue weighted by molar-refractivity contribution is 9.10. The highest BCUT2D eigenvalue weighted by Gasteiger charge is 2.03. The van der Waals surface area contributed by atoms with Crippen molar-refractivity contribution >= 4 is 33.4 Å². The number of hydrogen-bond acceptors (Lipinski definition) is 2. The van der Waals surface area contributed by atoms with Crippen LogP contribution in [-0.4, -0.2) is 19.1 Å². The maximum Gasteiger partial charge on any atom is 0.257 e. The van der Waals surface area contributed by atoms with E-state index >= 15 is 0 Å². The van der Waals surface area contributed by atoms with Crippen molar-refractivity contribution in [2.24, 2.45) is 0 Å². The molecule has 0 atom stereocenters. The molecule has 0 radical (unpaired) electrons. The van der Waals surface area contributed by atoms with Gasteiger partial charge in [-0.3, -0.25) is 4.79 Å². The van der Waals surface area contributed by atoms with Gasteiger partial charge < -0.3 is 10.1 Å². The normalized spacial score (nSPS) is 10.2. The summed E-state index contributed by atoms with van der Waals surface area (Å²) in [7, 11) is 0. The first-order valence-electron chi connectivity index (χ1n) is 6.53. The zero-order valence-corrected chi connectivity index (χ0v) is 13.7. The van der Waals surface area contributed by atoms with E-state index in [9.17, 15) is 4.79 Å². The highest BCUT2D eigenvalue weighted by Crippen LogP contribution is 2.17. The van der Waals surface area contributed by atoms with Gasteiger partial charge in [-0.1, -0.05) is 45.7 Å². The van der Waals surface area contributed by atoms with Gasteiger partial charge in [-0.25, -0.2) is 0 Å². The summed E-state index contributed by atoms with van der Waals surface area (Å²) in [6.07, 6.45) is 0.739. The van der Waals surface area contributed by atoms with Crippen LogP contribution in [0.4, 0.5) is 0 Å². The molecule has 0 aromatic heterocycles. The van der Waals surface area contributed by atoms with Crippen molar-refractivity contribution in [2.45, 2.75) is 6.42 Å². The second-order valence-corrected chi connectivity index (χ2v) is 5.83. The van der Waals surface area contributed by atoms with Crippen molar-refractivity contribution in [1.29, 1.82) is 0 Å². The van der Waals surface area contributed by atoms with Gasteiger partial charge in [0.15, 0.2) is 6.61 Å². The number of carbonyl (C=O) groups is 1. The summed E-state index contributed by atoms with van der Waals surface area (Å²) >= 11 is 9.26. The quantitative estimate of drug-likeness (QED) is 0.841. The molecule has 0 saturated heterocycles. The Morgan fingerprint density at radius 2 is 2.00 bits per heavy atom. The second kappa shape index (κ2) is 8.05. The van der Waals surface area contributed by atoms with Gasteiger partial charge in [0.05, 0.1) is 0 Å². The number of hydrogen-bond donors (Lipinski definition) is 1. The number of nitrogens with one attached hydrogen (secondary N) is 1. The number of halogens is 2. The van der Waals surface area contributed by atoms with Gasteiger partial charge in [0, 0.05) is 16.0 Å². The van der Waals surface area contributed by atoms with Crippen molar-refractivity contribution in [3.05, 3.63) is 63.6 Å². The fourth-order valence-corrected chi connectivity index (χ4v) is 2.39. The maximum absolute atomic E-state index is 11.7. The molecule has 3 nitrogen and oxygen atoms in total. The first kappa shape index (κ1) is 15.9. The van der Waals surface area contributed by atoms with Gasteiger partial charge in [0.1, 0.15) is 5.75 Å². The summed E-state index contributed by atoms with van der Waals surface area (Å²) in [6.45, 7) is 0.563. The zero-order chi connectivity index (χ0) is 15.1. The molecule has 110 valence electrons. The minimum atomic E-state index is -0.142. The SMILES string of the molecule is O=C(COc1cccc(Br)c1)NCCc1cccc(Cl)c1. The Bertz CT molecular complexity index is 619. The molecule has 0 aliphatic carbocycles. The van der Waals surface area contributed by atoms with E-state index < -0.39 is 0 Å². The van der Waals surface area contributed by atoms with Crippen LogP contribution >= 0.6 is 27.5 Å².